The van der Waals surface area contributed by atoms with Gasteiger partial charge in [0.1, 0.15) is 48.1 Å². The number of nitrogens with zero attached hydrogens (tertiary/aromatic N) is 16. The lowest BCUT2D eigenvalue weighted by atomic mass is 9.74. The van der Waals surface area contributed by atoms with Crippen LogP contribution in [-0.2, 0) is 21.7 Å². The molecule has 4 aliphatic rings. The third kappa shape index (κ3) is 14.3. The number of para-hydroxylation sites is 4. The van der Waals surface area contributed by atoms with Crippen molar-refractivity contribution in [2.75, 3.05) is 0 Å². The summed E-state index contributed by atoms with van der Waals surface area (Å²) < 4.78 is 9.10. The Morgan fingerprint density at radius 1 is 0.183 bits per heavy atom. The van der Waals surface area contributed by atoms with Gasteiger partial charge in [-0.1, -0.05) is 322 Å². The molecule has 24 aromatic rings. The molecule has 0 amide bonds. The van der Waals surface area contributed by atoms with E-state index in [1.165, 1.54) is 133 Å². The van der Waals surface area contributed by atoms with E-state index in [2.05, 4.69) is 465 Å². The molecule has 678 valence electrons. The highest BCUT2D eigenvalue weighted by Crippen LogP contribution is 2.54. The van der Waals surface area contributed by atoms with E-state index in [9.17, 15) is 0 Å². The first-order chi connectivity index (χ1) is 69.5. The summed E-state index contributed by atoms with van der Waals surface area (Å²) in [5.41, 5.74) is 43.0. The number of hydrogen-bond acceptors (Lipinski definition) is 12. The lowest BCUT2D eigenvalue weighted by Crippen LogP contribution is -2.26. The van der Waals surface area contributed by atoms with Crippen molar-refractivity contribution in [1.29, 1.82) is 0 Å². The van der Waals surface area contributed by atoms with Crippen molar-refractivity contribution in [3.05, 3.63) is 471 Å². The topological polar surface area (TPSA) is 174 Å². The Balaban J connectivity index is 0.0000000995. The first-order valence-corrected chi connectivity index (χ1v) is 48.1. The maximum atomic E-state index is 5.03. The molecular weight excluding hydrogens is 1740 g/mol. The van der Waals surface area contributed by atoms with Gasteiger partial charge in [0, 0.05) is 46.4 Å². The van der Waals surface area contributed by atoms with Crippen LogP contribution in [0.3, 0.4) is 0 Å². The molecule has 4 aliphatic heterocycles. The van der Waals surface area contributed by atoms with Gasteiger partial charge in [0.2, 0.25) is 0 Å². The van der Waals surface area contributed by atoms with Crippen LogP contribution in [0, 0.1) is 0 Å². The highest BCUT2D eigenvalue weighted by atomic mass is 15.2. The highest BCUT2D eigenvalue weighted by Gasteiger charge is 2.42. The molecular formula is C126H94N16. The van der Waals surface area contributed by atoms with E-state index in [0.29, 0.717) is 0 Å². The normalized spacial score (nSPS) is 13.6. The molecule has 16 nitrogen and oxygen atoms in total. The Morgan fingerprint density at radius 3 is 0.803 bits per heavy atom. The molecule has 0 saturated carbocycles. The van der Waals surface area contributed by atoms with Gasteiger partial charge in [-0.2, -0.15) is 0 Å². The van der Waals surface area contributed by atoms with Gasteiger partial charge in [-0.15, -0.1) is 0 Å². The summed E-state index contributed by atoms with van der Waals surface area (Å²) in [7, 11) is 0. The molecule has 0 spiro atoms. The summed E-state index contributed by atoms with van der Waals surface area (Å²) in [5, 5.41) is 2.51. The zero-order valence-electron chi connectivity index (χ0n) is 79.6. The smallest absolute Gasteiger partial charge is 0.164 e. The van der Waals surface area contributed by atoms with E-state index in [1.54, 1.807) is 50.1 Å². The molecule has 0 N–H and O–H groups in total. The average Bonchev–Trinajstić information content (AvgIpc) is 1.54. The van der Waals surface area contributed by atoms with Gasteiger partial charge in [-0.05, 0) is 242 Å². The maximum absolute atomic E-state index is 5.03. The van der Waals surface area contributed by atoms with E-state index in [0.717, 1.165) is 113 Å². The summed E-state index contributed by atoms with van der Waals surface area (Å²) in [5.74, 6) is 3.38. The third-order valence-electron chi connectivity index (χ3n) is 29.3. The van der Waals surface area contributed by atoms with Crippen LogP contribution >= 0.6 is 0 Å². The number of benzene rings is 16. The molecule has 12 heterocycles. The minimum atomic E-state index is -0.189. The number of hydrogen-bond donors (Lipinski definition) is 0. The van der Waals surface area contributed by atoms with Crippen LogP contribution in [0.25, 0.3) is 202 Å². The molecule has 16 heteroatoms. The Morgan fingerprint density at radius 2 is 0.437 bits per heavy atom. The van der Waals surface area contributed by atoms with E-state index >= 15 is 0 Å². The molecule has 0 saturated heterocycles. The van der Waals surface area contributed by atoms with Crippen LogP contribution in [0.2, 0.25) is 0 Å². The van der Waals surface area contributed by atoms with Crippen LogP contribution in [0.15, 0.2) is 426 Å². The second-order valence-corrected chi connectivity index (χ2v) is 38.9. The van der Waals surface area contributed by atoms with Crippen LogP contribution in [0.5, 0.6) is 0 Å². The molecule has 142 heavy (non-hydrogen) atoms. The summed E-state index contributed by atoms with van der Waals surface area (Å²) in [6.07, 6.45) is 13.4. The van der Waals surface area contributed by atoms with E-state index in [-0.39, 0.29) is 21.7 Å². The average molecular weight is 1830 g/mol. The van der Waals surface area contributed by atoms with Crippen molar-refractivity contribution in [2.45, 2.75) is 77.0 Å². The molecule has 0 unspecified atom stereocenters. The fourth-order valence-corrected chi connectivity index (χ4v) is 22.0. The van der Waals surface area contributed by atoms with Crippen LogP contribution in [0.1, 0.15) is 99.9 Å². The zero-order valence-corrected chi connectivity index (χ0v) is 79.6. The maximum Gasteiger partial charge on any atom is 0.164 e. The Bertz CT molecular complexity index is 9060. The highest BCUT2D eigenvalue weighted by molar-refractivity contribution is 5.97. The molecule has 0 atom stereocenters. The molecule has 28 rings (SSSR count). The number of rotatable bonds is 11. The molecule has 8 aromatic heterocycles. The lowest BCUT2D eigenvalue weighted by Gasteiger charge is -2.35. The molecule has 0 aliphatic carbocycles. The van der Waals surface area contributed by atoms with E-state index < -0.39 is 0 Å². The fourth-order valence-electron chi connectivity index (χ4n) is 22.0. The SMILES string of the molecule is CC1(C)c2cc(-c3ccc(-c4ccccc4)cc3)ccc2-n2c(-c3ccncn3)nc3cccc1c32.CC1(C)c2cc(-c3ccc4ccccc4c3)ccc2-n2c(-c3ccncn3)nc3cccc1c32.CC1(C)c2cc(-c3cccc(-c4ccccc4)c3)ccc2-n2c(-c3ccncn3)nc3cccc1c32.CC1(C)c2cc(-c3ccccc3-c3ccccc3)ccc2-n2c(-c3ccncn3)nc3cccc1c32. The predicted molar refractivity (Wildman–Crippen MR) is 572 cm³/mol. The standard InChI is InChI=1S/3C32H24N4.C30H22N4/c1-32(2)25-12-7-13-27-30(25)36(31(35-27)28-16-17-33-20-34-28)29-15-14-24(19-26(29)32)23-11-6-10-22(18-23)21-8-4-3-5-9-21;1-32(2)25-13-8-14-27-30(25)36(31(35-27)28-17-18-33-20-34-28)29-16-15-22(19-26(29)32)24-12-7-6-11-23(24)21-9-4-3-5-10-21;1-32(2)25-9-6-10-27-30(25)36(31(35-27)28-17-18-33-20-34-28)29-16-15-24(19-26(29)32)23-13-11-22(12-14-23)21-7-4-3-5-8-21;1-30(2)23-8-5-9-25-28(23)34(29(33-25)26-14-15-31-18-32-26)27-13-12-22(17-24(27)30)21-11-10-19-6-3-4-7-20(19)16-21/h3*3-20H,1-2H3;3-18H,1-2H3. The monoisotopic (exact) mass is 1830 g/mol. The minimum Gasteiger partial charge on any atom is -0.290 e. The quantitative estimate of drug-likeness (QED) is 0.120. The summed E-state index contributed by atoms with van der Waals surface area (Å²) in [4.78, 5) is 54.6. The molecule has 0 bridgehead atoms. The van der Waals surface area contributed by atoms with Crippen molar-refractivity contribution in [2.24, 2.45) is 0 Å². The van der Waals surface area contributed by atoms with Crippen molar-refractivity contribution in [3.8, 4) is 147 Å². The van der Waals surface area contributed by atoms with Crippen molar-refractivity contribution < 1.29 is 0 Å². The number of fused-ring (bicyclic) bond motifs is 9. The van der Waals surface area contributed by atoms with Crippen LogP contribution < -0.4 is 0 Å². The Labute approximate surface area is 822 Å². The van der Waals surface area contributed by atoms with Crippen LogP contribution in [-0.4, -0.2) is 78.1 Å². The van der Waals surface area contributed by atoms with Gasteiger partial charge in [-0.25, -0.2) is 59.8 Å². The fraction of sp³-hybridized carbons (Fsp3) is 0.0952. The lowest BCUT2D eigenvalue weighted by molar-refractivity contribution is 0.629. The second-order valence-electron chi connectivity index (χ2n) is 38.9. The second kappa shape index (κ2) is 34.0. The summed E-state index contributed by atoms with van der Waals surface area (Å²) in [6.45, 7) is 18.5. The van der Waals surface area contributed by atoms with Crippen molar-refractivity contribution in [3.63, 3.8) is 0 Å². The number of imidazole rings is 4. The van der Waals surface area contributed by atoms with Gasteiger partial charge in [-0.3, -0.25) is 18.3 Å². The van der Waals surface area contributed by atoms with E-state index in [1.807, 2.05) is 24.3 Å². The molecule has 16 aromatic carbocycles. The summed E-state index contributed by atoms with van der Waals surface area (Å²) in [6, 6.07) is 134. The van der Waals surface area contributed by atoms with Crippen LogP contribution in [0.4, 0.5) is 0 Å². The predicted octanol–water partition coefficient (Wildman–Crippen LogP) is 29.3. The third-order valence-corrected chi connectivity index (χ3v) is 29.3. The minimum absolute atomic E-state index is 0.166. The van der Waals surface area contributed by atoms with Crippen molar-refractivity contribution in [1.82, 2.24) is 78.1 Å². The zero-order chi connectivity index (χ0) is 95.7. The Hall–Kier alpha value is -18.0. The first kappa shape index (κ1) is 85.6. The number of aromatic nitrogens is 16. The molecule has 0 fully saturated rings. The summed E-state index contributed by atoms with van der Waals surface area (Å²) >= 11 is 0. The van der Waals surface area contributed by atoms with Crippen molar-refractivity contribution >= 4 is 54.9 Å². The Kier molecular flexibility index (Phi) is 20.5. The van der Waals surface area contributed by atoms with E-state index in [4.69, 9.17) is 19.9 Å². The molecule has 0 radical (unpaired) electrons. The van der Waals surface area contributed by atoms with Gasteiger partial charge < -0.3 is 0 Å². The van der Waals surface area contributed by atoms with Gasteiger partial charge in [0.25, 0.3) is 0 Å². The van der Waals surface area contributed by atoms with Gasteiger partial charge in [0.15, 0.2) is 23.3 Å². The first-order valence-electron chi connectivity index (χ1n) is 48.1. The van der Waals surface area contributed by atoms with Gasteiger partial charge >= 0.3 is 0 Å². The largest absolute Gasteiger partial charge is 0.290 e. The van der Waals surface area contributed by atoms with Gasteiger partial charge in [0.05, 0.1) is 66.9 Å².